The van der Waals surface area contributed by atoms with Gasteiger partial charge in [-0.25, -0.2) is 12.8 Å². The Morgan fingerprint density at radius 3 is 2.43 bits per heavy atom. The molecule has 1 amide bonds. The van der Waals surface area contributed by atoms with Gasteiger partial charge in [0.05, 0.1) is 11.7 Å². The number of benzene rings is 2. The number of thiophene rings is 1. The van der Waals surface area contributed by atoms with E-state index in [4.69, 9.17) is 0 Å². The van der Waals surface area contributed by atoms with E-state index in [9.17, 15) is 17.6 Å². The summed E-state index contributed by atoms with van der Waals surface area (Å²) >= 11 is 1.02. The Labute approximate surface area is 210 Å². The summed E-state index contributed by atoms with van der Waals surface area (Å²) in [5, 5.41) is 4.49. The summed E-state index contributed by atoms with van der Waals surface area (Å²) in [6.07, 6.45) is 2.36. The molecule has 1 saturated heterocycles. The van der Waals surface area contributed by atoms with Crippen LogP contribution in [0.25, 0.3) is 0 Å². The van der Waals surface area contributed by atoms with Crippen molar-refractivity contribution in [3.05, 3.63) is 77.4 Å². The highest BCUT2D eigenvalue weighted by Crippen LogP contribution is 2.29. The molecule has 1 aliphatic heterocycles. The van der Waals surface area contributed by atoms with E-state index in [0.29, 0.717) is 0 Å². The fraction of sp³-hybridized carbons (Fsp3) is 0.346. The average Bonchev–Trinajstić information content (AvgIpc) is 3.40. The van der Waals surface area contributed by atoms with Crippen molar-refractivity contribution in [1.29, 1.82) is 0 Å². The van der Waals surface area contributed by atoms with E-state index in [-0.39, 0.29) is 15.9 Å². The lowest BCUT2D eigenvalue weighted by Gasteiger charge is -2.32. The number of nitrogens with one attached hydrogen (secondary N) is 1. The molecule has 2 heterocycles. The first-order chi connectivity index (χ1) is 16.8. The molecule has 1 aromatic heterocycles. The van der Waals surface area contributed by atoms with Gasteiger partial charge in [0.15, 0.2) is 0 Å². The Morgan fingerprint density at radius 2 is 1.80 bits per heavy atom. The van der Waals surface area contributed by atoms with Gasteiger partial charge in [-0.3, -0.25) is 9.10 Å². The quantitative estimate of drug-likeness (QED) is 0.448. The second-order valence-electron chi connectivity index (χ2n) is 8.95. The number of amides is 1. The summed E-state index contributed by atoms with van der Waals surface area (Å²) < 4.78 is 41.9. The van der Waals surface area contributed by atoms with E-state index in [1.807, 2.05) is 19.1 Å². The molecule has 3 aromatic rings. The van der Waals surface area contributed by atoms with E-state index in [2.05, 4.69) is 29.3 Å². The third-order valence-electron chi connectivity index (χ3n) is 6.37. The molecular weight excluding hydrogens is 485 g/mol. The van der Waals surface area contributed by atoms with Gasteiger partial charge in [0.25, 0.3) is 10.0 Å². The predicted molar refractivity (Wildman–Crippen MR) is 139 cm³/mol. The molecule has 2 aromatic carbocycles. The van der Waals surface area contributed by atoms with Crippen molar-refractivity contribution in [2.24, 2.45) is 5.92 Å². The van der Waals surface area contributed by atoms with E-state index in [1.54, 1.807) is 17.5 Å². The maximum absolute atomic E-state index is 14.6. The molecule has 9 heteroatoms. The monoisotopic (exact) mass is 515 g/mol. The Morgan fingerprint density at radius 1 is 1.11 bits per heavy atom. The molecule has 0 bridgehead atoms. The summed E-state index contributed by atoms with van der Waals surface area (Å²) in [6.45, 7) is 5.67. The van der Waals surface area contributed by atoms with Crippen LogP contribution in [0, 0.1) is 11.7 Å². The molecule has 1 unspecified atom stereocenters. The van der Waals surface area contributed by atoms with Crippen molar-refractivity contribution in [1.82, 2.24) is 5.32 Å². The molecule has 1 fully saturated rings. The fourth-order valence-corrected chi connectivity index (χ4v) is 6.75. The Kier molecular flexibility index (Phi) is 7.76. The summed E-state index contributed by atoms with van der Waals surface area (Å²) in [7, 11) is -4.11. The number of hydrogen-bond acceptors (Lipinski definition) is 5. The molecule has 0 radical (unpaired) electrons. The van der Waals surface area contributed by atoms with Crippen molar-refractivity contribution in [2.75, 3.05) is 28.8 Å². The smallest absolute Gasteiger partial charge is 0.274 e. The van der Waals surface area contributed by atoms with Crippen LogP contribution in [0.2, 0.25) is 0 Å². The van der Waals surface area contributed by atoms with Gasteiger partial charge in [-0.05, 0) is 67.0 Å². The molecule has 35 heavy (non-hydrogen) atoms. The Bertz CT molecular complexity index is 1240. The Hall–Kier alpha value is -2.91. The van der Waals surface area contributed by atoms with E-state index < -0.39 is 28.3 Å². The Balaban J connectivity index is 1.47. The van der Waals surface area contributed by atoms with Crippen molar-refractivity contribution in [3.63, 3.8) is 0 Å². The second kappa shape index (κ2) is 10.8. The molecule has 0 saturated carbocycles. The molecular formula is C26H30FN3O3S2. The molecule has 0 aliphatic carbocycles. The number of sulfonamides is 1. The highest BCUT2D eigenvalue weighted by Gasteiger charge is 2.30. The fourth-order valence-electron chi connectivity index (χ4n) is 4.21. The van der Waals surface area contributed by atoms with Crippen LogP contribution >= 0.6 is 11.3 Å². The second-order valence-corrected chi connectivity index (χ2v) is 12.0. The molecule has 1 aliphatic rings. The number of piperidine rings is 1. The molecule has 0 spiro atoms. The number of carbonyl (C=O) groups is 1. The lowest BCUT2D eigenvalue weighted by Crippen LogP contribution is -2.41. The van der Waals surface area contributed by atoms with Gasteiger partial charge in [0.2, 0.25) is 5.91 Å². The number of carbonyl (C=O) groups excluding carboxylic acids is 1. The first kappa shape index (κ1) is 25.2. The highest BCUT2D eigenvalue weighted by atomic mass is 32.2. The number of rotatable bonds is 8. The van der Waals surface area contributed by atoms with Crippen molar-refractivity contribution in [3.8, 4) is 0 Å². The standard InChI is InChI=1S/C26H30FN3O3S2/c1-19-13-15-29(16-14-19)22-11-9-21(10-12-22)20(2)28-25(31)18-30(24-7-4-3-6-23(24)27)35(32,33)26-8-5-17-34-26/h3-12,17,19-20H,13-16,18H2,1-2H3,(H,28,31). The number of nitrogens with zero attached hydrogens (tertiary/aromatic N) is 2. The zero-order valence-corrected chi connectivity index (χ0v) is 21.5. The van der Waals surface area contributed by atoms with Crippen LogP contribution in [-0.2, 0) is 14.8 Å². The third kappa shape index (κ3) is 5.85. The van der Waals surface area contributed by atoms with Crippen LogP contribution in [0.5, 0.6) is 0 Å². The van der Waals surface area contributed by atoms with Gasteiger partial charge >= 0.3 is 0 Å². The SMILES string of the molecule is CC1CCN(c2ccc(C(C)NC(=O)CN(c3ccccc3F)S(=O)(=O)c3cccs3)cc2)CC1. The van der Waals surface area contributed by atoms with Gasteiger partial charge in [-0.2, -0.15) is 0 Å². The molecule has 1 atom stereocenters. The lowest BCUT2D eigenvalue weighted by atomic mass is 9.98. The third-order valence-corrected chi connectivity index (χ3v) is 9.50. The first-order valence-electron chi connectivity index (χ1n) is 11.7. The lowest BCUT2D eigenvalue weighted by molar-refractivity contribution is -0.120. The number of para-hydroxylation sites is 1. The molecule has 186 valence electrons. The number of hydrogen-bond donors (Lipinski definition) is 1. The predicted octanol–water partition coefficient (Wildman–Crippen LogP) is 5.20. The zero-order valence-electron chi connectivity index (χ0n) is 19.9. The summed E-state index contributed by atoms with van der Waals surface area (Å²) in [5.74, 6) is -0.473. The highest BCUT2D eigenvalue weighted by molar-refractivity contribution is 7.94. The molecule has 1 N–H and O–H groups in total. The van der Waals surface area contributed by atoms with Gasteiger partial charge in [-0.15, -0.1) is 11.3 Å². The summed E-state index contributed by atoms with van der Waals surface area (Å²) in [4.78, 5) is 15.3. The van der Waals surface area contributed by atoms with Gasteiger partial charge < -0.3 is 10.2 Å². The number of halogens is 1. The minimum absolute atomic E-state index is 0.0456. The van der Waals surface area contributed by atoms with Crippen molar-refractivity contribution < 1.29 is 17.6 Å². The topological polar surface area (TPSA) is 69.7 Å². The van der Waals surface area contributed by atoms with Crippen molar-refractivity contribution in [2.45, 2.75) is 36.9 Å². The van der Waals surface area contributed by atoms with Crippen molar-refractivity contribution >= 4 is 38.6 Å². The average molecular weight is 516 g/mol. The van der Waals surface area contributed by atoms with Crippen LogP contribution in [0.4, 0.5) is 15.8 Å². The normalized spacial score (nSPS) is 15.6. The van der Waals surface area contributed by atoms with Gasteiger partial charge in [0, 0.05) is 18.8 Å². The summed E-state index contributed by atoms with van der Waals surface area (Å²) in [6, 6.07) is 16.3. The largest absolute Gasteiger partial charge is 0.372 e. The maximum atomic E-state index is 14.6. The first-order valence-corrected chi connectivity index (χ1v) is 14.0. The van der Waals surface area contributed by atoms with Crippen LogP contribution in [0.15, 0.2) is 70.3 Å². The minimum Gasteiger partial charge on any atom is -0.372 e. The molecule has 6 nitrogen and oxygen atoms in total. The van der Waals surface area contributed by atoms with Crippen LogP contribution < -0.4 is 14.5 Å². The van der Waals surface area contributed by atoms with Crippen LogP contribution in [-0.4, -0.2) is 34.0 Å². The summed E-state index contributed by atoms with van der Waals surface area (Å²) in [5.41, 5.74) is 1.90. The van der Waals surface area contributed by atoms with Gasteiger partial charge in [-0.1, -0.05) is 37.3 Å². The zero-order chi connectivity index (χ0) is 25.0. The minimum atomic E-state index is -4.11. The van der Waals surface area contributed by atoms with Crippen LogP contribution in [0.3, 0.4) is 0 Å². The van der Waals surface area contributed by atoms with Crippen LogP contribution in [0.1, 0.15) is 38.3 Å². The van der Waals surface area contributed by atoms with E-state index in [1.165, 1.54) is 37.1 Å². The maximum Gasteiger partial charge on any atom is 0.274 e. The van der Waals surface area contributed by atoms with E-state index in [0.717, 1.165) is 45.9 Å². The van der Waals surface area contributed by atoms with E-state index >= 15 is 0 Å². The molecule has 4 rings (SSSR count). The number of anilines is 2. The van der Waals surface area contributed by atoms with Gasteiger partial charge in [0.1, 0.15) is 16.6 Å².